The number of para-hydroxylation sites is 1. The number of thioether (sulfide) groups is 1. The van der Waals surface area contributed by atoms with Gasteiger partial charge in [-0.15, -0.1) is 11.8 Å². The number of carbonyl (C=O) groups excluding carboxylic acids is 2. The number of imide groups is 1. The molecule has 6 nitrogen and oxygen atoms in total. The van der Waals surface area contributed by atoms with Crippen LogP contribution in [0.3, 0.4) is 0 Å². The Morgan fingerprint density at radius 2 is 1.73 bits per heavy atom. The van der Waals surface area contributed by atoms with E-state index >= 15 is 0 Å². The SMILES string of the molecule is CCCCN1C(=O)C(C#N)=C(C)/C(=C\c2cn(-c3ccccc3)nc2-c2ccc(SCCC)cc2)C1=O. The van der Waals surface area contributed by atoms with E-state index in [1.54, 1.807) is 17.7 Å². The van der Waals surface area contributed by atoms with E-state index in [0.29, 0.717) is 17.6 Å². The number of carbonyl (C=O) groups is 2. The summed E-state index contributed by atoms with van der Waals surface area (Å²) in [6.45, 7) is 6.11. The number of rotatable bonds is 9. The molecule has 2 amide bonds. The van der Waals surface area contributed by atoms with Crippen LogP contribution in [0.4, 0.5) is 0 Å². The summed E-state index contributed by atoms with van der Waals surface area (Å²) in [5, 5.41) is 14.6. The molecule has 0 fully saturated rings. The summed E-state index contributed by atoms with van der Waals surface area (Å²) in [5.74, 6) is 0.164. The summed E-state index contributed by atoms with van der Waals surface area (Å²) in [5.41, 5.74) is 4.03. The zero-order valence-corrected chi connectivity index (χ0v) is 22.2. The lowest BCUT2D eigenvalue weighted by molar-refractivity contribution is -0.140. The third-order valence-electron chi connectivity index (χ3n) is 6.22. The Balaban J connectivity index is 1.84. The van der Waals surface area contributed by atoms with Crippen LogP contribution in [0.25, 0.3) is 23.0 Å². The maximum Gasteiger partial charge on any atom is 0.271 e. The van der Waals surface area contributed by atoms with Crippen LogP contribution in [-0.2, 0) is 9.59 Å². The van der Waals surface area contributed by atoms with Gasteiger partial charge in [0.1, 0.15) is 11.6 Å². The zero-order valence-electron chi connectivity index (χ0n) is 21.4. The van der Waals surface area contributed by atoms with Gasteiger partial charge in [0, 0.05) is 34.3 Å². The van der Waals surface area contributed by atoms with Gasteiger partial charge < -0.3 is 0 Å². The Hall–Kier alpha value is -3.89. The van der Waals surface area contributed by atoms with Crippen LogP contribution in [0.15, 0.2) is 82.4 Å². The van der Waals surface area contributed by atoms with Crippen LogP contribution in [0.2, 0.25) is 0 Å². The van der Waals surface area contributed by atoms with Crippen molar-refractivity contribution in [3.63, 3.8) is 0 Å². The molecular formula is C30H30N4O2S. The number of nitriles is 1. The summed E-state index contributed by atoms with van der Waals surface area (Å²) in [4.78, 5) is 28.7. The fourth-order valence-electron chi connectivity index (χ4n) is 4.16. The predicted molar refractivity (Wildman–Crippen MR) is 148 cm³/mol. The monoisotopic (exact) mass is 510 g/mol. The third kappa shape index (κ3) is 5.60. The summed E-state index contributed by atoms with van der Waals surface area (Å²) in [6, 6.07) is 20.1. The van der Waals surface area contributed by atoms with Crippen LogP contribution in [0.5, 0.6) is 0 Å². The lowest BCUT2D eigenvalue weighted by Crippen LogP contribution is -2.43. The van der Waals surface area contributed by atoms with Gasteiger partial charge in [0.15, 0.2) is 0 Å². The number of benzene rings is 2. The minimum atomic E-state index is -0.518. The molecule has 0 N–H and O–H groups in total. The Labute approximate surface area is 222 Å². The molecule has 7 heteroatoms. The van der Waals surface area contributed by atoms with E-state index in [4.69, 9.17) is 5.10 Å². The van der Waals surface area contributed by atoms with Gasteiger partial charge in [-0.25, -0.2) is 4.68 Å². The van der Waals surface area contributed by atoms with Gasteiger partial charge >= 0.3 is 0 Å². The molecule has 3 aromatic rings. The highest BCUT2D eigenvalue weighted by molar-refractivity contribution is 7.99. The number of amides is 2. The zero-order chi connectivity index (χ0) is 26.4. The average molecular weight is 511 g/mol. The molecule has 0 saturated carbocycles. The van der Waals surface area contributed by atoms with Gasteiger partial charge in [-0.2, -0.15) is 10.4 Å². The minimum absolute atomic E-state index is 0.0104. The summed E-state index contributed by atoms with van der Waals surface area (Å²) >= 11 is 1.81. The fourth-order valence-corrected chi connectivity index (χ4v) is 4.93. The lowest BCUT2D eigenvalue weighted by atomic mass is 9.93. The smallest absolute Gasteiger partial charge is 0.271 e. The lowest BCUT2D eigenvalue weighted by Gasteiger charge is -2.27. The number of hydrogen-bond donors (Lipinski definition) is 0. The number of nitrogens with zero attached hydrogens (tertiary/aromatic N) is 4. The van der Waals surface area contributed by atoms with Gasteiger partial charge in [0.25, 0.3) is 11.8 Å². The molecule has 4 rings (SSSR count). The molecule has 37 heavy (non-hydrogen) atoms. The van der Waals surface area contributed by atoms with Gasteiger partial charge in [-0.3, -0.25) is 14.5 Å². The summed E-state index contributed by atoms with van der Waals surface area (Å²) < 4.78 is 1.79. The van der Waals surface area contributed by atoms with Gasteiger partial charge in [0.05, 0.1) is 11.4 Å². The first kappa shape index (κ1) is 26.2. The molecule has 0 saturated heterocycles. The van der Waals surface area contributed by atoms with Crippen LogP contribution in [0.1, 0.15) is 45.6 Å². The second-order valence-electron chi connectivity index (χ2n) is 8.87. The van der Waals surface area contributed by atoms with E-state index < -0.39 is 5.91 Å². The van der Waals surface area contributed by atoms with E-state index in [2.05, 4.69) is 19.1 Å². The number of unbranched alkanes of at least 4 members (excludes halogenated alkanes) is 1. The normalized spacial score (nSPS) is 15.0. The fraction of sp³-hybridized carbons (Fsp3) is 0.267. The topological polar surface area (TPSA) is 79.0 Å². The second-order valence-corrected chi connectivity index (χ2v) is 10.0. The molecular weight excluding hydrogens is 480 g/mol. The molecule has 0 spiro atoms. The highest BCUT2D eigenvalue weighted by Crippen LogP contribution is 2.32. The van der Waals surface area contributed by atoms with E-state index in [0.717, 1.165) is 41.1 Å². The van der Waals surface area contributed by atoms with E-state index in [-0.39, 0.29) is 18.0 Å². The van der Waals surface area contributed by atoms with Crippen molar-refractivity contribution in [2.45, 2.75) is 44.9 Å². The Morgan fingerprint density at radius 1 is 1.00 bits per heavy atom. The van der Waals surface area contributed by atoms with Crippen molar-refractivity contribution in [1.29, 1.82) is 5.26 Å². The molecule has 188 valence electrons. The molecule has 0 aliphatic carbocycles. The average Bonchev–Trinajstić information content (AvgIpc) is 3.35. The van der Waals surface area contributed by atoms with Crippen molar-refractivity contribution >= 4 is 29.7 Å². The van der Waals surface area contributed by atoms with Crippen molar-refractivity contribution in [3.8, 4) is 23.0 Å². The van der Waals surface area contributed by atoms with Crippen molar-refractivity contribution in [2.75, 3.05) is 12.3 Å². The first-order chi connectivity index (χ1) is 18.0. The molecule has 1 aliphatic rings. The van der Waals surface area contributed by atoms with Crippen LogP contribution >= 0.6 is 11.8 Å². The van der Waals surface area contributed by atoms with Crippen molar-refractivity contribution < 1.29 is 9.59 Å². The quantitative estimate of drug-likeness (QED) is 0.188. The maximum absolute atomic E-state index is 13.5. The maximum atomic E-state index is 13.5. The highest BCUT2D eigenvalue weighted by atomic mass is 32.2. The standard InChI is InChI=1S/C30H30N4O2S/c1-4-6-16-33-29(35)26(21(3)27(19-31)30(33)36)18-23-20-34(24-10-8-7-9-11-24)32-28(23)22-12-14-25(15-13-22)37-17-5-2/h7-15,18,20H,4-6,16-17H2,1-3H3/b26-18+. The minimum Gasteiger partial charge on any atom is -0.274 e. The predicted octanol–water partition coefficient (Wildman–Crippen LogP) is 6.43. The van der Waals surface area contributed by atoms with Gasteiger partial charge in [0.2, 0.25) is 0 Å². The third-order valence-corrected chi connectivity index (χ3v) is 7.44. The van der Waals surface area contributed by atoms with Crippen molar-refractivity contribution in [2.24, 2.45) is 0 Å². The van der Waals surface area contributed by atoms with Crippen molar-refractivity contribution in [1.82, 2.24) is 14.7 Å². The molecule has 2 aromatic carbocycles. The summed E-state index contributed by atoms with van der Waals surface area (Å²) in [6.07, 6.45) is 6.27. The molecule has 0 unspecified atom stereocenters. The largest absolute Gasteiger partial charge is 0.274 e. The highest BCUT2D eigenvalue weighted by Gasteiger charge is 2.35. The van der Waals surface area contributed by atoms with Crippen LogP contribution in [0, 0.1) is 11.3 Å². The molecule has 0 bridgehead atoms. The second kappa shape index (κ2) is 11.9. The Bertz CT molecular complexity index is 1400. The van der Waals surface area contributed by atoms with E-state index in [1.165, 1.54) is 9.80 Å². The van der Waals surface area contributed by atoms with Crippen LogP contribution in [-0.4, -0.2) is 38.8 Å². The molecule has 1 aliphatic heterocycles. The summed E-state index contributed by atoms with van der Waals surface area (Å²) in [7, 11) is 0. The number of aromatic nitrogens is 2. The Morgan fingerprint density at radius 3 is 2.38 bits per heavy atom. The van der Waals surface area contributed by atoms with Gasteiger partial charge in [-0.05, 0) is 61.4 Å². The van der Waals surface area contributed by atoms with E-state index in [1.807, 2.05) is 73.4 Å². The molecule has 0 radical (unpaired) electrons. The molecule has 2 heterocycles. The number of hydrogen-bond acceptors (Lipinski definition) is 5. The van der Waals surface area contributed by atoms with Crippen LogP contribution < -0.4 is 0 Å². The Kier molecular flexibility index (Phi) is 8.42. The first-order valence-corrected chi connectivity index (χ1v) is 13.5. The van der Waals surface area contributed by atoms with Crippen molar-refractivity contribution in [3.05, 3.63) is 83.1 Å². The molecule has 1 aromatic heterocycles. The van der Waals surface area contributed by atoms with E-state index in [9.17, 15) is 14.9 Å². The van der Waals surface area contributed by atoms with Gasteiger partial charge in [-0.1, -0.05) is 50.6 Å². The first-order valence-electron chi connectivity index (χ1n) is 12.6. The molecule has 0 atom stereocenters.